The SMILES string of the molecule is C/C(Nc1cccc(C)c1)=C1/CCOC1=O. The van der Waals surface area contributed by atoms with Gasteiger partial charge < -0.3 is 10.1 Å². The van der Waals surface area contributed by atoms with Crippen molar-refractivity contribution in [2.24, 2.45) is 0 Å². The molecule has 0 unspecified atom stereocenters. The van der Waals surface area contributed by atoms with Crippen LogP contribution in [-0.4, -0.2) is 12.6 Å². The summed E-state index contributed by atoms with van der Waals surface area (Å²) in [5, 5.41) is 3.23. The molecule has 0 spiro atoms. The third kappa shape index (κ3) is 2.24. The lowest BCUT2D eigenvalue weighted by Crippen LogP contribution is -2.04. The van der Waals surface area contributed by atoms with Crippen molar-refractivity contribution in [3.8, 4) is 0 Å². The van der Waals surface area contributed by atoms with Crippen LogP contribution in [0.5, 0.6) is 0 Å². The van der Waals surface area contributed by atoms with Gasteiger partial charge in [0.2, 0.25) is 0 Å². The zero-order valence-corrected chi connectivity index (χ0v) is 9.54. The van der Waals surface area contributed by atoms with Crippen molar-refractivity contribution in [3.05, 3.63) is 41.1 Å². The van der Waals surface area contributed by atoms with E-state index in [1.807, 2.05) is 38.1 Å². The van der Waals surface area contributed by atoms with Gasteiger partial charge in [0.1, 0.15) is 0 Å². The summed E-state index contributed by atoms with van der Waals surface area (Å²) in [4.78, 5) is 11.4. The summed E-state index contributed by atoms with van der Waals surface area (Å²) in [6.45, 7) is 4.45. The molecular weight excluding hydrogens is 202 g/mol. The molecule has 16 heavy (non-hydrogen) atoms. The van der Waals surface area contributed by atoms with E-state index in [1.54, 1.807) is 0 Å². The summed E-state index contributed by atoms with van der Waals surface area (Å²) < 4.78 is 4.91. The Balaban J connectivity index is 2.18. The van der Waals surface area contributed by atoms with E-state index in [-0.39, 0.29) is 5.97 Å². The minimum Gasteiger partial charge on any atom is -0.462 e. The minimum atomic E-state index is -0.197. The molecule has 0 bridgehead atoms. The lowest BCUT2D eigenvalue weighted by Gasteiger charge is -2.08. The molecule has 84 valence electrons. The quantitative estimate of drug-likeness (QED) is 0.611. The number of hydrogen-bond acceptors (Lipinski definition) is 3. The average Bonchev–Trinajstić information content (AvgIpc) is 2.64. The number of rotatable bonds is 2. The molecule has 0 amide bonds. The van der Waals surface area contributed by atoms with Crippen LogP contribution in [0.2, 0.25) is 0 Å². The first-order valence-corrected chi connectivity index (χ1v) is 5.37. The smallest absolute Gasteiger partial charge is 0.335 e. The first-order valence-electron chi connectivity index (χ1n) is 5.37. The predicted molar refractivity (Wildman–Crippen MR) is 63.1 cm³/mol. The molecule has 1 aliphatic rings. The Labute approximate surface area is 95.1 Å². The molecule has 1 fully saturated rings. The number of carbonyl (C=O) groups is 1. The van der Waals surface area contributed by atoms with E-state index in [0.29, 0.717) is 13.0 Å². The average molecular weight is 217 g/mol. The van der Waals surface area contributed by atoms with Crippen LogP contribution in [0, 0.1) is 6.92 Å². The predicted octanol–water partition coefficient (Wildman–Crippen LogP) is 2.63. The zero-order valence-electron chi connectivity index (χ0n) is 9.54. The molecule has 1 saturated heterocycles. The Morgan fingerprint density at radius 2 is 2.25 bits per heavy atom. The summed E-state index contributed by atoms with van der Waals surface area (Å²) in [5.41, 5.74) is 3.83. The number of anilines is 1. The number of benzene rings is 1. The van der Waals surface area contributed by atoms with E-state index in [4.69, 9.17) is 4.74 Å². The van der Waals surface area contributed by atoms with Gasteiger partial charge in [0, 0.05) is 17.8 Å². The van der Waals surface area contributed by atoms with Crippen LogP contribution in [-0.2, 0) is 9.53 Å². The second-order valence-corrected chi connectivity index (χ2v) is 3.98. The van der Waals surface area contributed by atoms with Gasteiger partial charge in [-0.15, -0.1) is 0 Å². The van der Waals surface area contributed by atoms with Crippen molar-refractivity contribution < 1.29 is 9.53 Å². The summed E-state index contributed by atoms with van der Waals surface area (Å²) in [6, 6.07) is 8.06. The second kappa shape index (κ2) is 4.39. The molecule has 1 heterocycles. The monoisotopic (exact) mass is 217 g/mol. The maximum absolute atomic E-state index is 11.4. The van der Waals surface area contributed by atoms with Gasteiger partial charge in [-0.25, -0.2) is 4.79 Å². The van der Waals surface area contributed by atoms with Gasteiger partial charge in [0.25, 0.3) is 0 Å². The Kier molecular flexibility index (Phi) is 2.95. The molecule has 0 atom stereocenters. The maximum Gasteiger partial charge on any atom is 0.335 e. The van der Waals surface area contributed by atoms with Gasteiger partial charge in [0.05, 0.1) is 12.2 Å². The summed E-state index contributed by atoms with van der Waals surface area (Å²) in [7, 11) is 0. The lowest BCUT2D eigenvalue weighted by molar-refractivity contribution is -0.135. The van der Waals surface area contributed by atoms with Crippen molar-refractivity contribution >= 4 is 11.7 Å². The van der Waals surface area contributed by atoms with E-state index >= 15 is 0 Å². The van der Waals surface area contributed by atoms with Gasteiger partial charge in [-0.05, 0) is 31.5 Å². The number of carbonyl (C=O) groups excluding carboxylic acids is 1. The van der Waals surface area contributed by atoms with E-state index in [2.05, 4.69) is 5.32 Å². The summed E-state index contributed by atoms with van der Waals surface area (Å²) >= 11 is 0. The van der Waals surface area contributed by atoms with Crippen LogP contribution in [0.25, 0.3) is 0 Å². The number of ether oxygens (including phenoxy) is 1. The van der Waals surface area contributed by atoms with Crippen molar-refractivity contribution in [2.45, 2.75) is 20.3 Å². The molecule has 1 aromatic rings. The third-order valence-electron chi connectivity index (χ3n) is 2.63. The fourth-order valence-corrected chi connectivity index (χ4v) is 1.79. The topological polar surface area (TPSA) is 38.3 Å². The van der Waals surface area contributed by atoms with Crippen molar-refractivity contribution in [1.82, 2.24) is 0 Å². The van der Waals surface area contributed by atoms with E-state index in [9.17, 15) is 4.79 Å². The summed E-state index contributed by atoms with van der Waals surface area (Å²) in [6.07, 6.45) is 0.698. The van der Waals surface area contributed by atoms with Gasteiger partial charge in [-0.2, -0.15) is 0 Å². The molecule has 1 aliphatic heterocycles. The third-order valence-corrected chi connectivity index (χ3v) is 2.63. The molecule has 0 radical (unpaired) electrons. The fourth-order valence-electron chi connectivity index (χ4n) is 1.79. The number of cyclic esters (lactones) is 1. The Morgan fingerprint density at radius 3 is 2.88 bits per heavy atom. The van der Waals surface area contributed by atoms with E-state index in [0.717, 1.165) is 17.0 Å². The number of allylic oxidation sites excluding steroid dienone is 1. The minimum absolute atomic E-state index is 0.197. The zero-order chi connectivity index (χ0) is 11.5. The number of nitrogens with one attached hydrogen (secondary N) is 1. The van der Waals surface area contributed by atoms with Gasteiger partial charge >= 0.3 is 5.97 Å². The Morgan fingerprint density at radius 1 is 1.44 bits per heavy atom. The van der Waals surface area contributed by atoms with Crippen LogP contribution >= 0.6 is 0 Å². The molecule has 0 saturated carbocycles. The van der Waals surface area contributed by atoms with Gasteiger partial charge in [-0.1, -0.05) is 12.1 Å². The molecule has 0 aromatic heterocycles. The van der Waals surface area contributed by atoms with Crippen LogP contribution in [0.4, 0.5) is 5.69 Å². The lowest BCUT2D eigenvalue weighted by atomic mass is 10.1. The number of esters is 1. The normalized spacial score (nSPS) is 18.2. The van der Waals surface area contributed by atoms with Crippen molar-refractivity contribution in [2.75, 3.05) is 11.9 Å². The Hall–Kier alpha value is -1.77. The molecular formula is C13H15NO2. The van der Waals surface area contributed by atoms with E-state index < -0.39 is 0 Å². The highest BCUT2D eigenvalue weighted by atomic mass is 16.5. The van der Waals surface area contributed by atoms with Crippen LogP contribution in [0.15, 0.2) is 35.5 Å². The van der Waals surface area contributed by atoms with Gasteiger partial charge in [-0.3, -0.25) is 0 Å². The second-order valence-electron chi connectivity index (χ2n) is 3.98. The standard InChI is InChI=1S/C13H15NO2/c1-9-4-3-5-11(8-9)14-10(2)12-6-7-16-13(12)15/h3-5,8,14H,6-7H2,1-2H3/b12-10+. The Bertz CT molecular complexity index is 449. The largest absolute Gasteiger partial charge is 0.462 e. The molecule has 0 aliphatic carbocycles. The van der Waals surface area contributed by atoms with Crippen molar-refractivity contribution in [1.29, 1.82) is 0 Å². The summed E-state index contributed by atoms with van der Waals surface area (Å²) in [5.74, 6) is -0.197. The highest BCUT2D eigenvalue weighted by molar-refractivity contribution is 5.91. The molecule has 1 aromatic carbocycles. The van der Waals surface area contributed by atoms with Crippen LogP contribution in [0.1, 0.15) is 18.9 Å². The molecule has 2 rings (SSSR count). The number of hydrogen-bond donors (Lipinski definition) is 1. The first-order chi connectivity index (χ1) is 7.66. The first kappa shape index (κ1) is 10.7. The highest BCUT2D eigenvalue weighted by Gasteiger charge is 2.21. The molecule has 1 N–H and O–H groups in total. The fraction of sp³-hybridized carbons (Fsp3) is 0.308. The van der Waals surface area contributed by atoms with Crippen molar-refractivity contribution in [3.63, 3.8) is 0 Å². The number of aryl methyl sites for hydroxylation is 1. The van der Waals surface area contributed by atoms with E-state index in [1.165, 1.54) is 5.56 Å². The van der Waals surface area contributed by atoms with Gasteiger partial charge in [0.15, 0.2) is 0 Å². The molecule has 3 nitrogen and oxygen atoms in total. The molecule has 3 heteroatoms. The maximum atomic E-state index is 11.4. The highest BCUT2D eigenvalue weighted by Crippen LogP contribution is 2.20. The van der Waals surface area contributed by atoms with Crippen LogP contribution in [0.3, 0.4) is 0 Å². The van der Waals surface area contributed by atoms with Crippen LogP contribution < -0.4 is 5.32 Å².